The first kappa shape index (κ1) is 17.2. The van der Waals surface area contributed by atoms with Crippen LogP contribution in [0.4, 0.5) is 10.5 Å². The van der Waals surface area contributed by atoms with E-state index >= 15 is 0 Å². The maximum atomic E-state index is 12.4. The average Bonchev–Trinajstić information content (AvgIpc) is 2.62. The molecule has 0 saturated carbocycles. The van der Waals surface area contributed by atoms with Crippen LogP contribution in [0.15, 0.2) is 24.3 Å². The van der Waals surface area contributed by atoms with Crippen LogP contribution in [0.3, 0.4) is 0 Å². The zero-order chi connectivity index (χ0) is 17.8. The van der Waals surface area contributed by atoms with Gasteiger partial charge >= 0.3 is 6.09 Å². The molecule has 0 unspecified atom stereocenters. The van der Waals surface area contributed by atoms with Crippen molar-refractivity contribution >= 4 is 17.7 Å². The zero-order valence-corrected chi connectivity index (χ0v) is 13.9. The number of hydrogen-bond donors (Lipinski definition) is 0. The largest absolute Gasteiger partial charge is 0.415 e. The summed E-state index contributed by atoms with van der Waals surface area (Å²) in [5.74, 6) is 0.439. The number of amides is 2. The molecule has 2 aliphatic heterocycles. The van der Waals surface area contributed by atoms with Crippen molar-refractivity contribution in [3.63, 3.8) is 0 Å². The molecule has 1 aromatic rings. The molecule has 25 heavy (non-hydrogen) atoms. The lowest BCUT2D eigenvalue weighted by Crippen LogP contribution is -2.53. The second kappa shape index (κ2) is 7.50. The molecule has 0 aliphatic carbocycles. The number of carbonyl (C=O) groups excluding carboxylic acids is 2. The van der Waals surface area contributed by atoms with E-state index < -0.39 is 11.0 Å². The molecular weight excluding hydrogens is 326 g/mol. The maximum absolute atomic E-state index is 12.4. The molecule has 2 aliphatic rings. The summed E-state index contributed by atoms with van der Waals surface area (Å²) in [6, 6.07) is 5.46. The first-order valence-electron chi connectivity index (χ1n) is 8.55. The number of nitro groups is 1. The summed E-state index contributed by atoms with van der Waals surface area (Å²) >= 11 is 0. The average molecular weight is 347 g/mol. The second-order valence-corrected chi connectivity index (χ2v) is 6.41. The molecule has 0 aromatic heterocycles. The lowest BCUT2D eigenvalue weighted by atomic mass is 10.0. The Morgan fingerprint density at radius 1 is 1.16 bits per heavy atom. The predicted molar refractivity (Wildman–Crippen MR) is 89.3 cm³/mol. The first-order valence-corrected chi connectivity index (χ1v) is 8.55. The Morgan fingerprint density at radius 3 is 2.60 bits per heavy atom. The van der Waals surface area contributed by atoms with Crippen molar-refractivity contribution in [3.05, 3.63) is 34.4 Å². The molecule has 1 atom stereocenters. The van der Waals surface area contributed by atoms with E-state index in [4.69, 9.17) is 4.74 Å². The van der Waals surface area contributed by atoms with Crippen LogP contribution in [0.1, 0.15) is 32.1 Å². The summed E-state index contributed by atoms with van der Waals surface area (Å²) in [4.78, 5) is 38.1. The summed E-state index contributed by atoms with van der Waals surface area (Å²) in [7, 11) is 0. The quantitative estimate of drug-likeness (QED) is 0.619. The molecule has 0 spiro atoms. The third-order valence-electron chi connectivity index (χ3n) is 4.71. The van der Waals surface area contributed by atoms with Crippen LogP contribution < -0.4 is 4.74 Å². The van der Waals surface area contributed by atoms with Gasteiger partial charge in [-0.25, -0.2) is 4.79 Å². The topological polar surface area (TPSA) is 93.0 Å². The predicted octanol–water partition coefficient (Wildman–Crippen LogP) is 2.57. The van der Waals surface area contributed by atoms with Crippen molar-refractivity contribution in [1.82, 2.24) is 9.80 Å². The monoisotopic (exact) mass is 347 g/mol. The smallest absolute Gasteiger partial charge is 0.410 e. The van der Waals surface area contributed by atoms with Gasteiger partial charge in [0.05, 0.1) is 4.92 Å². The number of non-ortho nitro benzene ring substituents is 1. The standard InChI is InChI=1S/C17H21N3O5/c21-16-5-1-2-11-19(16)14-4-3-10-18(12-14)17(22)25-15-8-6-13(7-9-15)20(23)24/h6-9,14H,1-5,10-12H2/t14-/m1/s1. The Labute approximate surface area is 145 Å². The summed E-state index contributed by atoms with van der Waals surface area (Å²) < 4.78 is 5.31. The second-order valence-electron chi connectivity index (χ2n) is 6.41. The van der Waals surface area contributed by atoms with Crippen molar-refractivity contribution in [3.8, 4) is 5.75 Å². The number of carbonyl (C=O) groups is 2. The summed E-state index contributed by atoms with van der Waals surface area (Å²) in [5, 5.41) is 10.7. The highest BCUT2D eigenvalue weighted by Gasteiger charge is 2.32. The summed E-state index contributed by atoms with van der Waals surface area (Å²) in [6.07, 6.45) is 3.77. The third kappa shape index (κ3) is 4.07. The number of piperidine rings is 2. The molecule has 0 bridgehead atoms. The van der Waals surface area contributed by atoms with Crippen LogP contribution in [0.2, 0.25) is 0 Å². The van der Waals surface area contributed by atoms with Crippen LogP contribution in [0.5, 0.6) is 5.75 Å². The van der Waals surface area contributed by atoms with Crippen molar-refractivity contribution in [1.29, 1.82) is 0 Å². The van der Waals surface area contributed by atoms with Gasteiger partial charge in [0.15, 0.2) is 0 Å². The molecule has 0 N–H and O–H groups in total. The normalized spacial score (nSPS) is 21.1. The fraction of sp³-hybridized carbons (Fsp3) is 0.529. The van der Waals surface area contributed by atoms with Crippen molar-refractivity contribution < 1.29 is 19.2 Å². The highest BCUT2D eigenvalue weighted by atomic mass is 16.6. The molecule has 8 nitrogen and oxygen atoms in total. The zero-order valence-electron chi connectivity index (χ0n) is 13.9. The van der Waals surface area contributed by atoms with E-state index in [9.17, 15) is 19.7 Å². The van der Waals surface area contributed by atoms with E-state index in [0.717, 1.165) is 32.2 Å². The number of ether oxygens (including phenoxy) is 1. The van der Waals surface area contributed by atoms with E-state index in [-0.39, 0.29) is 23.4 Å². The minimum absolute atomic E-state index is 0.0472. The van der Waals surface area contributed by atoms with E-state index in [1.54, 1.807) is 4.90 Å². The maximum Gasteiger partial charge on any atom is 0.415 e. The Kier molecular flexibility index (Phi) is 5.16. The van der Waals surface area contributed by atoms with Gasteiger partial charge in [-0.2, -0.15) is 0 Å². The van der Waals surface area contributed by atoms with Gasteiger partial charge in [0.2, 0.25) is 5.91 Å². The summed E-state index contributed by atoms with van der Waals surface area (Å²) in [6.45, 7) is 1.82. The molecule has 2 heterocycles. The SMILES string of the molecule is O=C(Oc1ccc([N+](=O)[O-])cc1)N1CCC[C@@H](N2CCCCC2=O)C1. The Bertz CT molecular complexity index is 661. The van der Waals surface area contributed by atoms with Crippen molar-refractivity contribution in [2.24, 2.45) is 0 Å². The molecule has 8 heteroatoms. The number of rotatable bonds is 3. The fourth-order valence-corrected chi connectivity index (χ4v) is 3.39. The molecule has 2 amide bonds. The van der Waals surface area contributed by atoms with Crippen LogP contribution in [-0.2, 0) is 4.79 Å². The lowest BCUT2D eigenvalue weighted by Gasteiger charge is -2.40. The van der Waals surface area contributed by atoms with Crippen LogP contribution in [0.25, 0.3) is 0 Å². The molecule has 0 radical (unpaired) electrons. The van der Waals surface area contributed by atoms with Gasteiger partial charge in [-0.15, -0.1) is 0 Å². The fourth-order valence-electron chi connectivity index (χ4n) is 3.39. The molecule has 2 fully saturated rings. The van der Waals surface area contributed by atoms with Crippen molar-refractivity contribution in [2.75, 3.05) is 19.6 Å². The molecule has 2 saturated heterocycles. The number of nitrogens with zero attached hydrogens (tertiary/aromatic N) is 3. The first-order chi connectivity index (χ1) is 12.0. The molecule has 1 aromatic carbocycles. The molecule has 134 valence electrons. The number of hydrogen-bond acceptors (Lipinski definition) is 5. The van der Waals surface area contributed by atoms with E-state index in [1.807, 2.05) is 4.90 Å². The Morgan fingerprint density at radius 2 is 1.92 bits per heavy atom. The number of benzene rings is 1. The van der Waals surface area contributed by atoms with Gasteiger partial charge in [0.1, 0.15) is 5.75 Å². The number of likely N-dealkylation sites (tertiary alicyclic amines) is 2. The molecular formula is C17H21N3O5. The van der Waals surface area contributed by atoms with Crippen LogP contribution in [-0.4, -0.2) is 52.4 Å². The minimum Gasteiger partial charge on any atom is -0.410 e. The van der Waals surface area contributed by atoms with Crippen molar-refractivity contribution in [2.45, 2.75) is 38.1 Å². The van der Waals surface area contributed by atoms with Gasteiger partial charge in [-0.05, 0) is 37.8 Å². The van der Waals surface area contributed by atoms with Crippen LogP contribution in [0, 0.1) is 10.1 Å². The molecule has 3 rings (SSSR count). The lowest BCUT2D eigenvalue weighted by molar-refractivity contribution is -0.384. The Balaban J connectivity index is 1.59. The highest BCUT2D eigenvalue weighted by molar-refractivity contribution is 5.77. The van der Waals surface area contributed by atoms with Gasteiger partial charge < -0.3 is 14.5 Å². The number of nitro benzene ring substituents is 1. The third-order valence-corrected chi connectivity index (χ3v) is 4.71. The van der Waals surface area contributed by atoms with E-state index in [1.165, 1.54) is 24.3 Å². The highest BCUT2D eigenvalue weighted by Crippen LogP contribution is 2.23. The van der Waals surface area contributed by atoms with Gasteiger partial charge in [-0.3, -0.25) is 14.9 Å². The van der Waals surface area contributed by atoms with Gasteiger partial charge in [-0.1, -0.05) is 0 Å². The van der Waals surface area contributed by atoms with Crippen LogP contribution >= 0.6 is 0 Å². The summed E-state index contributed by atoms with van der Waals surface area (Å²) in [5.41, 5.74) is -0.0542. The minimum atomic E-state index is -0.504. The van der Waals surface area contributed by atoms with E-state index in [0.29, 0.717) is 19.5 Å². The Hall–Kier alpha value is -2.64. The van der Waals surface area contributed by atoms with E-state index in [2.05, 4.69) is 0 Å². The van der Waals surface area contributed by atoms with Gasteiger partial charge in [0.25, 0.3) is 5.69 Å². The van der Waals surface area contributed by atoms with Gasteiger partial charge in [0, 0.05) is 44.2 Å².